The van der Waals surface area contributed by atoms with Crippen LogP contribution in [0.3, 0.4) is 0 Å². The summed E-state index contributed by atoms with van der Waals surface area (Å²) in [5.41, 5.74) is 4.34. The van der Waals surface area contributed by atoms with Gasteiger partial charge in [0, 0.05) is 37.7 Å². The first-order chi connectivity index (χ1) is 12.1. The molecule has 0 unspecified atom stereocenters. The first kappa shape index (κ1) is 22.5. The Balaban J connectivity index is 0.00000338. The number of hydrogen-bond donors (Lipinski definition) is 2. The van der Waals surface area contributed by atoms with Gasteiger partial charge < -0.3 is 19.7 Å². The van der Waals surface area contributed by atoms with Crippen molar-refractivity contribution in [3.63, 3.8) is 0 Å². The zero-order chi connectivity index (χ0) is 18.2. The molecule has 0 aliphatic carbocycles. The van der Waals surface area contributed by atoms with E-state index in [4.69, 9.17) is 9.05 Å². The minimum Gasteiger partial charge on any atom is -0.361 e. The summed E-state index contributed by atoms with van der Waals surface area (Å²) in [6, 6.07) is 0. The standard InChI is InChI=1S/C18H29N5O2.HI/c1-6-16-15(17(7-2)25-23-16)11-21-18(19-5)20-10-8-9-14-12(3)22-24-13(14)4;/h6-11H2,1-5H3,(H2,19,20,21);1H. The van der Waals surface area contributed by atoms with E-state index >= 15 is 0 Å². The maximum Gasteiger partial charge on any atom is 0.191 e. The number of hydrogen-bond acceptors (Lipinski definition) is 5. The molecule has 0 aliphatic rings. The molecule has 2 N–H and O–H groups in total. The minimum absolute atomic E-state index is 0. The van der Waals surface area contributed by atoms with Gasteiger partial charge in [0.15, 0.2) is 5.96 Å². The van der Waals surface area contributed by atoms with Crippen LogP contribution >= 0.6 is 24.0 Å². The maximum atomic E-state index is 5.40. The van der Waals surface area contributed by atoms with Gasteiger partial charge in [0.1, 0.15) is 11.5 Å². The molecule has 0 saturated carbocycles. The van der Waals surface area contributed by atoms with Crippen LogP contribution in [0.15, 0.2) is 14.0 Å². The molecule has 2 rings (SSSR count). The largest absolute Gasteiger partial charge is 0.361 e. The SMILES string of the molecule is CCc1noc(CC)c1CNC(=NC)NCCCc1c(C)noc1C.I. The second kappa shape index (κ2) is 11.2. The van der Waals surface area contributed by atoms with Gasteiger partial charge in [-0.2, -0.15) is 0 Å². The van der Waals surface area contributed by atoms with E-state index in [-0.39, 0.29) is 24.0 Å². The highest BCUT2D eigenvalue weighted by Gasteiger charge is 2.13. The van der Waals surface area contributed by atoms with Crippen LogP contribution in [0.1, 0.15) is 54.3 Å². The summed E-state index contributed by atoms with van der Waals surface area (Å²) in [6.45, 7) is 9.59. The van der Waals surface area contributed by atoms with Gasteiger partial charge in [-0.1, -0.05) is 24.2 Å². The lowest BCUT2D eigenvalue weighted by Gasteiger charge is -2.12. The zero-order valence-electron chi connectivity index (χ0n) is 16.3. The molecule has 0 amide bonds. The van der Waals surface area contributed by atoms with Crippen molar-refractivity contribution in [2.75, 3.05) is 13.6 Å². The topological polar surface area (TPSA) is 88.5 Å². The van der Waals surface area contributed by atoms with Crippen molar-refractivity contribution in [2.24, 2.45) is 4.99 Å². The summed E-state index contributed by atoms with van der Waals surface area (Å²) in [5.74, 6) is 2.63. The summed E-state index contributed by atoms with van der Waals surface area (Å²) < 4.78 is 10.6. The van der Waals surface area contributed by atoms with E-state index in [0.29, 0.717) is 6.54 Å². The Morgan fingerprint density at radius 2 is 1.81 bits per heavy atom. The molecule has 26 heavy (non-hydrogen) atoms. The number of aromatic nitrogens is 2. The Morgan fingerprint density at radius 1 is 1.04 bits per heavy atom. The van der Waals surface area contributed by atoms with E-state index in [1.54, 1.807) is 7.05 Å². The van der Waals surface area contributed by atoms with Crippen LogP contribution < -0.4 is 10.6 Å². The normalized spacial score (nSPS) is 11.3. The van der Waals surface area contributed by atoms with Crippen molar-refractivity contribution in [3.05, 3.63) is 34.0 Å². The molecule has 7 nitrogen and oxygen atoms in total. The Hall–Kier alpha value is -1.58. The van der Waals surface area contributed by atoms with Crippen LogP contribution in [0.5, 0.6) is 0 Å². The van der Waals surface area contributed by atoms with E-state index in [9.17, 15) is 0 Å². The third-order valence-corrected chi connectivity index (χ3v) is 4.34. The summed E-state index contributed by atoms with van der Waals surface area (Å²) in [7, 11) is 1.78. The van der Waals surface area contributed by atoms with Crippen molar-refractivity contribution in [1.29, 1.82) is 0 Å². The maximum absolute atomic E-state index is 5.40. The van der Waals surface area contributed by atoms with Crippen molar-refractivity contribution < 1.29 is 9.05 Å². The van der Waals surface area contributed by atoms with Crippen molar-refractivity contribution in [3.8, 4) is 0 Å². The molecule has 146 valence electrons. The van der Waals surface area contributed by atoms with E-state index in [1.807, 2.05) is 13.8 Å². The van der Waals surface area contributed by atoms with Gasteiger partial charge >= 0.3 is 0 Å². The fourth-order valence-corrected chi connectivity index (χ4v) is 2.86. The number of guanidine groups is 1. The second-order valence-electron chi connectivity index (χ2n) is 6.00. The van der Waals surface area contributed by atoms with Gasteiger partial charge in [-0.25, -0.2) is 0 Å². The predicted octanol–water partition coefficient (Wildman–Crippen LogP) is 3.32. The number of aryl methyl sites for hydroxylation is 4. The van der Waals surface area contributed by atoms with Crippen LogP contribution in [-0.4, -0.2) is 29.9 Å². The highest BCUT2D eigenvalue weighted by Crippen LogP contribution is 2.15. The fraction of sp³-hybridized carbons (Fsp3) is 0.611. The molecule has 2 aromatic rings. The van der Waals surface area contributed by atoms with Crippen LogP contribution in [-0.2, 0) is 25.8 Å². The van der Waals surface area contributed by atoms with Crippen molar-refractivity contribution >= 4 is 29.9 Å². The van der Waals surface area contributed by atoms with Gasteiger partial charge in [-0.05, 0) is 33.1 Å². The van der Waals surface area contributed by atoms with Gasteiger partial charge in [0.25, 0.3) is 0 Å². The van der Waals surface area contributed by atoms with Gasteiger partial charge in [-0.3, -0.25) is 4.99 Å². The Kier molecular flexibility index (Phi) is 9.68. The van der Waals surface area contributed by atoms with Gasteiger partial charge in [-0.15, -0.1) is 24.0 Å². The average molecular weight is 475 g/mol. The Bertz CT molecular complexity index is 668. The molecule has 0 aliphatic heterocycles. The molecule has 0 atom stereocenters. The third-order valence-electron chi connectivity index (χ3n) is 4.34. The molecule has 0 radical (unpaired) electrons. The van der Waals surface area contributed by atoms with Gasteiger partial charge in [0.2, 0.25) is 0 Å². The summed E-state index contributed by atoms with van der Waals surface area (Å²) in [5, 5.41) is 14.8. The Morgan fingerprint density at radius 3 is 2.38 bits per heavy atom. The first-order valence-electron chi connectivity index (χ1n) is 8.93. The van der Waals surface area contributed by atoms with E-state index in [1.165, 1.54) is 5.56 Å². The number of aliphatic imine (C=N–C) groups is 1. The van der Waals surface area contributed by atoms with Crippen molar-refractivity contribution in [1.82, 2.24) is 20.9 Å². The number of halogens is 1. The molecule has 0 bridgehead atoms. The molecule has 8 heteroatoms. The summed E-state index contributed by atoms with van der Waals surface area (Å²) in [4.78, 5) is 4.28. The quantitative estimate of drug-likeness (QED) is 0.264. The summed E-state index contributed by atoms with van der Waals surface area (Å²) in [6.07, 6.45) is 3.63. The lowest BCUT2D eigenvalue weighted by molar-refractivity contribution is 0.380. The number of nitrogens with one attached hydrogen (secondary N) is 2. The molecule has 0 spiro atoms. The highest BCUT2D eigenvalue weighted by molar-refractivity contribution is 14.0. The third kappa shape index (κ3) is 5.72. The van der Waals surface area contributed by atoms with Crippen molar-refractivity contribution in [2.45, 2.75) is 59.9 Å². The van der Waals surface area contributed by atoms with E-state index < -0.39 is 0 Å². The monoisotopic (exact) mass is 475 g/mol. The highest BCUT2D eigenvalue weighted by atomic mass is 127. The molecule has 0 fully saturated rings. The number of nitrogens with zero attached hydrogens (tertiary/aromatic N) is 3. The molecule has 0 aromatic carbocycles. The van der Waals surface area contributed by atoms with Gasteiger partial charge in [0.05, 0.1) is 11.4 Å². The van der Waals surface area contributed by atoms with Crippen LogP contribution in [0, 0.1) is 13.8 Å². The molecular formula is C18H30IN5O2. The van der Waals surface area contributed by atoms with Crippen LogP contribution in [0.4, 0.5) is 0 Å². The van der Waals surface area contributed by atoms with E-state index in [0.717, 1.165) is 66.7 Å². The zero-order valence-corrected chi connectivity index (χ0v) is 18.6. The predicted molar refractivity (Wildman–Crippen MR) is 113 cm³/mol. The lowest BCUT2D eigenvalue weighted by atomic mass is 10.1. The molecule has 0 saturated heterocycles. The molecule has 2 aromatic heterocycles. The lowest BCUT2D eigenvalue weighted by Crippen LogP contribution is -2.37. The van der Waals surface area contributed by atoms with Crippen LogP contribution in [0.2, 0.25) is 0 Å². The fourth-order valence-electron chi connectivity index (χ4n) is 2.86. The first-order valence-corrected chi connectivity index (χ1v) is 8.93. The molecular weight excluding hydrogens is 445 g/mol. The summed E-state index contributed by atoms with van der Waals surface area (Å²) >= 11 is 0. The second-order valence-corrected chi connectivity index (χ2v) is 6.00. The van der Waals surface area contributed by atoms with E-state index in [2.05, 4.69) is 39.8 Å². The number of rotatable bonds is 8. The average Bonchev–Trinajstić information content (AvgIpc) is 3.17. The Labute approximate surface area is 172 Å². The minimum atomic E-state index is 0. The molecule has 2 heterocycles. The van der Waals surface area contributed by atoms with Crippen LogP contribution in [0.25, 0.3) is 0 Å². The smallest absolute Gasteiger partial charge is 0.191 e.